The van der Waals surface area contributed by atoms with E-state index < -0.39 is 6.10 Å². The van der Waals surface area contributed by atoms with Crippen LogP contribution in [0.3, 0.4) is 0 Å². The van der Waals surface area contributed by atoms with Gasteiger partial charge < -0.3 is 9.52 Å². The maximum atomic E-state index is 10.1. The number of aryl methyl sites for hydroxylation is 1. The zero-order chi connectivity index (χ0) is 13.1. The fourth-order valence-corrected chi connectivity index (χ4v) is 2.07. The van der Waals surface area contributed by atoms with Crippen molar-refractivity contribution in [2.24, 2.45) is 0 Å². The van der Waals surface area contributed by atoms with Gasteiger partial charge in [-0.05, 0) is 29.8 Å². The third-order valence-corrected chi connectivity index (χ3v) is 3.51. The van der Waals surface area contributed by atoms with Gasteiger partial charge in [0.05, 0.1) is 10.0 Å². The first kappa shape index (κ1) is 13.5. The van der Waals surface area contributed by atoms with E-state index in [-0.39, 0.29) is 0 Å². The molecule has 1 atom stereocenters. The largest absolute Gasteiger partial charge is 0.463 e. The van der Waals surface area contributed by atoms with Gasteiger partial charge in [-0.3, -0.25) is 0 Å². The summed E-state index contributed by atoms with van der Waals surface area (Å²) < 4.78 is 5.51. The normalized spacial score (nSPS) is 12.7. The summed E-state index contributed by atoms with van der Waals surface area (Å²) in [6, 6.07) is 9.03. The van der Waals surface area contributed by atoms with Gasteiger partial charge in [0.15, 0.2) is 0 Å². The fraction of sp³-hybridized carbons (Fsp3) is 0.286. The highest BCUT2D eigenvalue weighted by Crippen LogP contribution is 2.26. The monoisotopic (exact) mass is 284 g/mol. The van der Waals surface area contributed by atoms with E-state index in [0.717, 1.165) is 17.7 Å². The van der Waals surface area contributed by atoms with Gasteiger partial charge in [0, 0.05) is 12.8 Å². The maximum absolute atomic E-state index is 10.1. The van der Waals surface area contributed by atoms with Crippen LogP contribution in [0.25, 0.3) is 0 Å². The summed E-state index contributed by atoms with van der Waals surface area (Å²) in [6.45, 7) is 2.01. The van der Waals surface area contributed by atoms with Crippen molar-refractivity contribution in [3.63, 3.8) is 0 Å². The molecule has 0 saturated heterocycles. The Kier molecular flexibility index (Phi) is 4.33. The van der Waals surface area contributed by atoms with Crippen LogP contribution in [0.4, 0.5) is 0 Å². The van der Waals surface area contributed by atoms with Gasteiger partial charge in [-0.2, -0.15) is 0 Å². The van der Waals surface area contributed by atoms with Gasteiger partial charge in [-0.25, -0.2) is 0 Å². The third kappa shape index (κ3) is 3.08. The first-order valence-electron chi connectivity index (χ1n) is 5.80. The van der Waals surface area contributed by atoms with Crippen molar-refractivity contribution < 1.29 is 9.52 Å². The Morgan fingerprint density at radius 3 is 2.56 bits per heavy atom. The second-order valence-corrected chi connectivity index (χ2v) is 4.94. The summed E-state index contributed by atoms with van der Waals surface area (Å²) in [5.41, 5.74) is 0.923. The molecule has 0 fully saturated rings. The van der Waals surface area contributed by atoms with Crippen LogP contribution in [0.5, 0.6) is 0 Å². The maximum Gasteiger partial charge on any atom is 0.133 e. The minimum absolute atomic E-state index is 0.452. The molecule has 4 heteroatoms. The number of rotatable bonds is 4. The quantitative estimate of drug-likeness (QED) is 0.901. The Hall–Kier alpha value is -0.960. The average molecular weight is 285 g/mol. The molecule has 0 amide bonds. The second-order valence-electron chi connectivity index (χ2n) is 4.13. The molecule has 0 aliphatic carbocycles. The lowest BCUT2D eigenvalue weighted by Crippen LogP contribution is -2.00. The minimum atomic E-state index is -0.664. The van der Waals surface area contributed by atoms with Gasteiger partial charge in [-0.1, -0.05) is 36.2 Å². The van der Waals surface area contributed by atoms with E-state index in [2.05, 4.69) is 0 Å². The van der Waals surface area contributed by atoms with Crippen molar-refractivity contribution in [2.45, 2.75) is 25.9 Å². The molecule has 0 aliphatic heterocycles. The van der Waals surface area contributed by atoms with Crippen LogP contribution in [-0.4, -0.2) is 5.11 Å². The van der Waals surface area contributed by atoms with E-state index in [1.165, 1.54) is 0 Å². The number of aliphatic hydroxyl groups is 1. The predicted octanol–water partition coefficient (Wildman–Crippen LogP) is 4.42. The molecule has 2 aromatic rings. The molecule has 2 nitrogen and oxygen atoms in total. The number of hydrogen-bond acceptors (Lipinski definition) is 2. The first-order valence-corrected chi connectivity index (χ1v) is 6.56. The topological polar surface area (TPSA) is 33.4 Å². The average Bonchev–Trinajstić information content (AvgIpc) is 2.82. The van der Waals surface area contributed by atoms with Crippen LogP contribution in [0.2, 0.25) is 10.0 Å². The Bertz CT molecular complexity index is 534. The standard InChI is InChI=1S/C14H14Cl2O2/c1-2-10-4-6-14(18-10)13(17)8-9-3-5-11(15)12(16)7-9/h3-7,13,17H,2,8H2,1H3. The molecule has 0 saturated carbocycles. The fourth-order valence-electron chi connectivity index (χ4n) is 1.75. The lowest BCUT2D eigenvalue weighted by molar-refractivity contribution is 0.148. The van der Waals surface area contributed by atoms with E-state index in [4.69, 9.17) is 27.6 Å². The van der Waals surface area contributed by atoms with Gasteiger partial charge in [-0.15, -0.1) is 0 Å². The number of halogens is 2. The molecule has 0 bridgehead atoms. The summed E-state index contributed by atoms with van der Waals surface area (Å²) >= 11 is 11.8. The molecule has 96 valence electrons. The Labute approximate surface area is 116 Å². The SMILES string of the molecule is CCc1ccc(C(O)Cc2ccc(Cl)c(Cl)c2)o1. The molecular weight excluding hydrogens is 271 g/mol. The van der Waals surface area contributed by atoms with E-state index in [1.807, 2.05) is 19.1 Å². The molecule has 0 spiro atoms. The number of benzene rings is 1. The van der Waals surface area contributed by atoms with Crippen molar-refractivity contribution in [1.82, 2.24) is 0 Å². The van der Waals surface area contributed by atoms with Gasteiger partial charge in [0.2, 0.25) is 0 Å². The van der Waals surface area contributed by atoms with Crippen molar-refractivity contribution in [2.75, 3.05) is 0 Å². The summed E-state index contributed by atoms with van der Waals surface area (Å²) in [6.07, 6.45) is 0.607. The van der Waals surface area contributed by atoms with Gasteiger partial charge >= 0.3 is 0 Å². The van der Waals surface area contributed by atoms with Crippen LogP contribution in [0, 0.1) is 0 Å². The molecule has 18 heavy (non-hydrogen) atoms. The summed E-state index contributed by atoms with van der Waals surface area (Å²) in [4.78, 5) is 0. The van der Waals surface area contributed by atoms with Crippen LogP contribution >= 0.6 is 23.2 Å². The van der Waals surface area contributed by atoms with Crippen LogP contribution in [0.1, 0.15) is 30.1 Å². The third-order valence-electron chi connectivity index (χ3n) is 2.77. The Morgan fingerprint density at radius 2 is 1.94 bits per heavy atom. The highest BCUT2D eigenvalue weighted by atomic mass is 35.5. The lowest BCUT2D eigenvalue weighted by atomic mass is 10.1. The molecule has 0 aliphatic rings. The van der Waals surface area contributed by atoms with Crippen molar-refractivity contribution in [3.8, 4) is 0 Å². The first-order chi connectivity index (χ1) is 8.60. The summed E-state index contributed by atoms with van der Waals surface area (Å²) in [5.74, 6) is 1.45. The van der Waals surface area contributed by atoms with Crippen LogP contribution < -0.4 is 0 Å². The molecule has 1 unspecified atom stereocenters. The predicted molar refractivity (Wildman–Crippen MR) is 73.2 cm³/mol. The van der Waals surface area contributed by atoms with E-state index in [9.17, 15) is 5.11 Å². The summed E-state index contributed by atoms with van der Waals surface area (Å²) in [7, 11) is 0. The minimum Gasteiger partial charge on any atom is -0.463 e. The molecule has 0 radical (unpaired) electrons. The molecule has 2 rings (SSSR count). The molecular formula is C14H14Cl2O2. The Balaban J connectivity index is 2.10. The summed E-state index contributed by atoms with van der Waals surface area (Å²) in [5, 5.41) is 11.1. The highest BCUT2D eigenvalue weighted by Gasteiger charge is 2.13. The molecule has 1 N–H and O–H groups in total. The van der Waals surface area contributed by atoms with E-state index in [0.29, 0.717) is 22.2 Å². The molecule has 1 aromatic carbocycles. The highest BCUT2D eigenvalue weighted by molar-refractivity contribution is 6.42. The van der Waals surface area contributed by atoms with Gasteiger partial charge in [0.1, 0.15) is 17.6 Å². The van der Waals surface area contributed by atoms with Gasteiger partial charge in [0.25, 0.3) is 0 Å². The number of furan rings is 1. The zero-order valence-corrected chi connectivity index (χ0v) is 11.5. The molecule has 1 aromatic heterocycles. The Morgan fingerprint density at radius 1 is 1.17 bits per heavy atom. The smallest absolute Gasteiger partial charge is 0.133 e. The second kappa shape index (κ2) is 5.79. The number of aliphatic hydroxyl groups excluding tert-OH is 1. The molecule has 1 heterocycles. The van der Waals surface area contributed by atoms with Crippen molar-refractivity contribution in [3.05, 3.63) is 57.5 Å². The van der Waals surface area contributed by atoms with Crippen LogP contribution in [0.15, 0.2) is 34.7 Å². The van der Waals surface area contributed by atoms with E-state index >= 15 is 0 Å². The lowest BCUT2D eigenvalue weighted by Gasteiger charge is -2.08. The van der Waals surface area contributed by atoms with Crippen molar-refractivity contribution in [1.29, 1.82) is 0 Å². The van der Waals surface area contributed by atoms with E-state index in [1.54, 1.807) is 18.2 Å². The zero-order valence-electron chi connectivity index (χ0n) is 9.99. The van der Waals surface area contributed by atoms with Crippen molar-refractivity contribution >= 4 is 23.2 Å². The number of hydrogen-bond donors (Lipinski definition) is 1. The van der Waals surface area contributed by atoms with Crippen LogP contribution in [-0.2, 0) is 12.8 Å².